The Labute approximate surface area is 118 Å². The maximum Gasteiger partial charge on any atom is 0.0233 e. The lowest BCUT2D eigenvalue weighted by Gasteiger charge is -2.46. The smallest absolute Gasteiger partial charge is 0.0233 e. The van der Waals surface area contributed by atoms with Crippen molar-refractivity contribution in [1.29, 1.82) is 0 Å². The SMILES string of the molecule is C=C/C=C(\C=C)CN1CCC2(CCN(C)CC2)CC1. The van der Waals surface area contributed by atoms with Crippen molar-refractivity contribution in [3.63, 3.8) is 0 Å². The van der Waals surface area contributed by atoms with Crippen LogP contribution in [0.25, 0.3) is 0 Å². The van der Waals surface area contributed by atoms with Crippen LogP contribution in [0.2, 0.25) is 0 Å². The lowest BCUT2D eigenvalue weighted by molar-refractivity contribution is 0.0464. The molecule has 0 atom stereocenters. The van der Waals surface area contributed by atoms with E-state index in [0.717, 1.165) is 6.54 Å². The number of allylic oxidation sites excluding steroid dienone is 2. The summed E-state index contributed by atoms with van der Waals surface area (Å²) in [4.78, 5) is 5.04. The Balaban J connectivity index is 1.83. The highest BCUT2D eigenvalue weighted by molar-refractivity contribution is 5.22. The Hall–Kier alpha value is -0.860. The van der Waals surface area contributed by atoms with E-state index in [1.807, 2.05) is 12.2 Å². The summed E-state index contributed by atoms with van der Waals surface area (Å²) in [6, 6.07) is 0. The van der Waals surface area contributed by atoms with Gasteiger partial charge in [-0.3, -0.25) is 4.90 Å². The zero-order valence-corrected chi connectivity index (χ0v) is 12.4. The molecule has 0 aliphatic carbocycles. The van der Waals surface area contributed by atoms with Crippen LogP contribution in [0.3, 0.4) is 0 Å². The number of likely N-dealkylation sites (tertiary alicyclic amines) is 2. The van der Waals surface area contributed by atoms with E-state index in [0.29, 0.717) is 5.41 Å². The van der Waals surface area contributed by atoms with Crippen LogP contribution in [-0.4, -0.2) is 49.6 Å². The van der Waals surface area contributed by atoms with E-state index < -0.39 is 0 Å². The van der Waals surface area contributed by atoms with E-state index in [2.05, 4.69) is 36.1 Å². The van der Waals surface area contributed by atoms with Crippen LogP contribution in [0.15, 0.2) is 37.0 Å². The Bertz CT molecular complexity index is 338. The van der Waals surface area contributed by atoms with Crippen LogP contribution in [0.4, 0.5) is 0 Å². The van der Waals surface area contributed by atoms with Gasteiger partial charge in [0.1, 0.15) is 0 Å². The number of nitrogens with zero attached hydrogens (tertiary/aromatic N) is 2. The third-order valence-electron chi connectivity index (χ3n) is 4.96. The second-order valence-corrected chi connectivity index (χ2v) is 6.26. The second kappa shape index (κ2) is 6.53. The lowest BCUT2D eigenvalue weighted by Crippen LogP contribution is -2.46. The fourth-order valence-corrected chi connectivity index (χ4v) is 3.37. The average molecular weight is 260 g/mol. The van der Waals surface area contributed by atoms with Gasteiger partial charge in [-0.15, -0.1) is 0 Å². The van der Waals surface area contributed by atoms with Gasteiger partial charge in [-0.2, -0.15) is 0 Å². The van der Waals surface area contributed by atoms with Gasteiger partial charge >= 0.3 is 0 Å². The van der Waals surface area contributed by atoms with Crippen LogP contribution in [0.5, 0.6) is 0 Å². The van der Waals surface area contributed by atoms with Crippen molar-refractivity contribution in [1.82, 2.24) is 9.80 Å². The molecule has 0 saturated carbocycles. The molecule has 2 nitrogen and oxygen atoms in total. The molecule has 1 spiro atoms. The summed E-state index contributed by atoms with van der Waals surface area (Å²) in [5.41, 5.74) is 1.94. The normalized spacial score (nSPS) is 25.4. The minimum Gasteiger partial charge on any atom is -0.306 e. The molecule has 0 unspecified atom stereocenters. The molecule has 2 aliphatic heterocycles. The minimum atomic E-state index is 0.652. The predicted octanol–water partition coefficient (Wildman–Crippen LogP) is 3.09. The van der Waals surface area contributed by atoms with Crippen molar-refractivity contribution in [2.45, 2.75) is 25.7 Å². The highest BCUT2D eigenvalue weighted by Gasteiger charge is 2.36. The van der Waals surface area contributed by atoms with Gasteiger partial charge < -0.3 is 4.90 Å². The van der Waals surface area contributed by atoms with Crippen LogP contribution >= 0.6 is 0 Å². The molecule has 0 aromatic heterocycles. The zero-order valence-electron chi connectivity index (χ0n) is 12.4. The molecule has 0 amide bonds. The van der Waals surface area contributed by atoms with Gasteiger partial charge in [0.25, 0.3) is 0 Å². The first-order chi connectivity index (χ1) is 9.17. The highest BCUT2D eigenvalue weighted by Crippen LogP contribution is 2.40. The molecular formula is C17H28N2. The monoisotopic (exact) mass is 260 g/mol. The Kier molecular flexibility index (Phi) is 5.00. The van der Waals surface area contributed by atoms with E-state index in [9.17, 15) is 0 Å². The molecule has 2 saturated heterocycles. The largest absolute Gasteiger partial charge is 0.306 e. The predicted molar refractivity (Wildman–Crippen MR) is 83.3 cm³/mol. The number of hydrogen-bond donors (Lipinski definition) is 0. The van der Waals surface area contributed by atoms with Crippen molar-refractivity contribution in [2.24, 2.45) is 5.41 Å². The first kappa shape index (κ1) is 14.5. The standard InChI is InChI=1S/C17H28N2/c1-4-6-16(5-2)15-19-13-9-17(10-14-19)7-11-18(3)12-8-17/h4-6H,1-2,7-15H2,3H3/b16-6+. The third kappa shape index (κ3) is 3.80. The van der Waals surface area contributed by atoms with Crippen LogP contribution in [-0.2, 0) is 0 Å². The highest BCUT2D eigenvalue weighted by atomic mass is 15.1. The van der Waals surface area contributed by atoms with Crippen molar-refractivity contribution in [2.75, 3.05) is 39.8 Å². The molecule has 19 heavy (non-hydrogen) atoms. The number of piperidine rings is 2. The van der Waals surface area contributed by atoms with Gasteiger partial charge in [0, 0.05) is 6.54 Å². The molecule has 106 valence electrons. The summed E-state index contributed by atoms with van der Waals surface area (Å²) in [5.74, 6) is 0. The fourth-order valence-electron chi connectivity index (χ4n) is 3.37. The number of rotatable bonds is 4. The minimum absolute atomic E-state index is 0.652. The van der Waals surface area contributed by atoms with E-state index in [4.69, 9.17) is 0 Å². The molecule has 2 heteroatoms. The molecule has 0 radical (unpaired) electrons. The molecule has 2 fully saturated rings. The van der Waals surface area contributed by atoms with E-state index in [1.165, 1.54) is 57.4 Å². The lowest BCUT2D eigenvalue weighted by atomic mass is 9.71. The Morgan fingerprint density at radius 2 is 1.63 bits per heavy atom. The van der Waals surface area contributed by atoms with Crippen molar-refractivity contribution in [3.05, 3.63) is 37.0 Å². The zero-order chi connectivity index (χ0) is 13.7. The summed E-state index contributed by atoms with van der Waals surface area (Å²) in [6.45, 7) is 13.7. The average Bonchev–Trinajstić information content (AvgIpc) is 2.44. The first-order valence-electron chi connectivity index (χ1n) is 7.52. The summed E-state index contributed by atoms with van der Waals surface area (Å²) in [7, 11) is 2.25. The van der Waals surface area contributed by atoms with E-state index in [1.54, 1.807) is 0 Å². The molecular weight excluding hydrogens is 232 g/mol. The van der Waals surface area contributed by atoms with E-state index in [-0.39, 0.29) is 0 Å². The van der Waals surface area contributed by atoms with Crippen LogP contribution in [0, 0.1) is 5.41 Å². The maximum atomic E-state index is 3.89. The quantitative estimate of drug-likeness (QED) is 0.717. The van der Waals surface area contributed by atoms with Crippen molar-refractivity contribution >= 4 is 0 Å². The van der Waals surface area contributed by atoms with Gasteiger partial charge in [0.05, 0.1) is 0 Å². The third-order valence-corrected chi connectivity index (χ3v) is 4.96. The van der Waals surface area contributed by atoms with Gasteiger partial charge in [0.2, 0.25) is 0 Å². The van der Waals surface area contributed by atoms with Crippen LogP contribution in [0.1, 0.15) is 25.7 Å². The van der Waals surface area contributed by atoms with Gasteiger partial charge in [-0.1, -0.05) is 31.4 Å². The molecule has 2 aliphatic rings. The van der Waals surface area contributed by atoms with Crippen molar-refractivity contribution in [3.8, 4) is 0 Å². The summed E-state index contributed by atoms with van der Waals surface area (Å²) in [6.07, 6.45) is 11.4. The van der Waals surface area contributed by atoms with Crippen molar-refractivity contribution < 1.29 is 0 Å². The Morgan fingerprint density at radius 1 is 1.05 bits per heavy atom. The summed E-state index contributed by atoms with van der Waals surface area (Å²) in [5, 5.41) is 0. The molecule has 0 bridgehead atoms. The molecule has 0 aromatic carbocycles. The molecule has 2 rings (SSSR count). The van der Waals surface area contributed by atoms with Gasteiger partial charge in [-0.25, -0.2) is 0 Å². The fraction of sp³-hybridized carbons (Fsp3) is 0.647. The molecule has 0 aromatic rings. The van der Waals surface area contributed by atoms with Gasteiger partial charge in [0.15, 0.2) is 0 Å². The molecule has 2 heterocycles. The molecule has 0 N–H and O–H groups in total. The summed E-state index contributed by atoms with van der Waals surface area (Å²) < 4.78 is 0. The van der Waals surface area contributed by atoms with E-state index >= 15 is 0 Å². The number of hydrogen-bond acceptors (Lipinski definition) is 2. The summed E-state index contributed by atoms with van der Waals surface area (Å²) >= 11 is 0. The second-order valence-electron chi connectivity index (χ2n) is 6.26. The Morgan fingerprint density at radius 3 is 2.16 bits per heavy atom. The van der Waals surface area contributed by atoms with Gasteiger partial charge in [-0.05, 0) is 69.9 Å². The first-order valence-corrected chi connectivity index (χ1v) is 7.52. The maximum absolute atomic E-state index is 3.89. The van der Waals surface area contributed by atoms with Crippen LogP contribution < -0.4 is 0 Å². The topological polar surface area (TPSA) is 6.48 Å².